The first kappa shape index (κ1) is 35.8. The third kappa shape index (κ3) is 10.9. The summed E-state index contributed by atoms with van der Waals surface area (Å²) in [5, 5.41) is -0.796. The Morgan fingerprint density at radius 3 is 1.49 bits per heavy atom. The number of carbonyl (C=O) groups excluding carboxylic acids is 5. The largest absolute Gasteiger partial charge is 0.459 e. The molecular formula is C27H24Cl2F6O6. The maximum Gasteiger partial charge on any atom is 0.416 e. The molecule has 0 bridgehead atoms. The topological polar surface area (TPSA) is 94.6 Å². The molecule has 0 aliphatic heterocycles. The van der Waals surface area contributed by atoms with E-state index in [2.05, 4.69) is 0 Å². The zero-order valence-corrected chi connectivity index (χ0v) is 23.7. The first-order valence-electron chi connectivity index (χ1n) is 11.5. The molecule has 2 rings (SSSR count). The summed E-state index contributed by atoms with van der Waals surface area (Å²) in [6.45, 7) is 6.90. The number of halogens is 8. The van der Waals surface area contributed by atoms with E-state index in [9.17, 15) is 50.3 Å². The molecule has 1 unspecified atom stereocenters. The molecule has 0 amide bonds. The van der Waals surface area contributed by atoms with Gasteiger partial charge in [-0.15, -0.1) is 0 Å². The molecule has 0 heterocycles. The lowest BCUT2D eigenvalue weighted by Crippen LogP contribution is -2.36. The average molecular weight is 629 g/mol. The highest BCUT2D eigenvalue weighted by atomic mass is 35.5. The van der Waals surface area contributed by atoms with Gasteiger partial charge < -0.3 is 4.74 Å². The third-order valence-corrected chi connectivity index (χ3v) is 5.50. The lowest BCUT2D eigenvalue weighted by atomic mass is 9.93. The van der Waals surface area contributed by atoms with E-state index < -0.39 is 63.3 Å². The van der Waals surface area contributed by atoms with E-state index in [4.69, 9.17) is 27.9 Å². The molecule has 0 aliphatic rings. The van der Waals surface area contributed by atoms with Crippen LogP contribution in [-0.2, 0) is 31.5 Å². The Hall–Kier alpha value is -3.25. The highest BCUT2D eigenvalue weighted by Crippen LogP contribution is 2.34. The van der Waals surface area contributed by atoms with Crippen LogP contribution in [0.1, 0.15) is 72.9 Å². The number of esters is 1. The van der Waals surface area contributed by atoms with Crippen molar-refractivity contribution in [2.45, 2.75) is 59.0 Å². The van der Waals surface area contributed by atoms with Crippen LogP contribution in [-0.4, -0.2) is 34.7 Å². The van der Waals surface area contributed by atoms with Crippen molar-refractivity contribution < 1.29 is 55.1 Å². The number of hydrogen-bond acceptors (Lipinski definition) is 6. The molecule has 0 fully saturated rings. The standard InChI is InChI=1S/C16H16ClF3O4.C11H8ClF3O2/c1-8(21)12(14(23)24-15(2,3)4)13(22)10-6-5-9(7-11(10)17)16(18,19)20;1-6(16)4-10(17)8-3-2-7(5-9(8)12)11(13,14)15/h5-7,12H,1-4H3;2-3,5H,4H2,1H3. The van der Waals surface area contributed by atoms with Gasteiger partial charge in [-0.2, -0.15) is 26.3 Å². The fourth-order valence-electron chi connectivity index (χ4n) is 3.10. The minimum Gasteiger partial charge on any atom is -0.459 e. The molecule has 224 valence electrons. The van der Waals surface area contributed by atoms with Crippen molar-refractivity contribution >= 4 is 52.3 Å². The SMILES string of the molecule is CC(=O)C(C(=O)OC(C)(C)C)C(=O)c1ccc(C(F)(F)F)cc1Cl.CC(=O)CC(=O)c1ccc(C(F)(F)F)cc1Cl. The minimum atomic E-state index is -4.63. The Bertz CT molecular complexity index is 1340. The number of alkyl halides is 6. The van der Waals surface area contributed by atoms with E-state index >= 15 is 0 Å². The summed E-state index contributed by atoms with van der Waals surface area (Å²) in [5.74, 6) is -5.60. The molecule has 0 N–H and O–H groups in total. The van der Waals surface area contributed by atoms with E-state index in [1.165, 1.54) is 6.92 Å². The second-order valence-corrected chi connectivity index (χ2v) is 10.4. The van der Waals surface area contributed by atoms with Gasteiger partial charge in [0, 0.05) is 11.1 Å². The van der Waals surface area contributed by atoms with Gasteiger partial charge in [-0.3, -0.25) is 24.0 Å². The van der Waals surface area contributed by atoms with Gasteiger partial charge in [0.2, 0.25) is 0 Å². The molecule has 0 saturated heterocycles. The summed E-state index contributed by atoms with van der Waals surface area (Å²) in [6.07, 6.45) is -9.51. The molecule has 1 atom stereocenters. The van der Waals surface area contributed by atoms with Gasteiger partial charge in [0.25, 0.3) is 0 Å². The van der Waals surface area contributed by atoms with Crippen LogP contribution in [0.5, 0.6) is 0 Å². The van der Waals surface area contributed by atoms with Crippen molar-refractivity contribution in [1.82, 2.24) is 0 Å². The van der Waals surface area contributed by atoms with Crippen molar-refractivity contribution in [2.24, 2.45) is 5.92 Å². The Labute approximate surface area is 240 Å². The highest BCUT2D eigenvalue weighted by Gasteiger charge is 2.38. The van der Waals surface area contributed by atoms with Crippen LogP contribution in [0.2, 0.25) is 10.0 Å². The number of carbonyl (C=O) groups is 5. The van der Waals surface area contributed by atoms with Crippen LogP contribution in [0.25, 0.3) is 0 Å². The number of benzene rings is 2. The number of rotatable bonds is 7. The quantitative estimate of drug-likeness (QED) is 0.136. The van der Waals surface area contributed by atoms with Crippen LogP contribution in [0.15, 0.2) is 36.4 Å². The summed E-state index contributed by atoms with van der Waals surface area (Å²) in [6, 6.07) is 4.49. The molecule has 2 aromatic carbocycles. The number of hydrogen-bond donors (Lipinski definition) is 0. The van der Waals surface area contributed by atoms with E-state index in [-0.39, 0.29) is 28.4 Å². The van der Waals surface area contributed by atoms with Gasteiger partial charge in [-0.1, -0.05) is 23.2 Å². The fourth-order valence-corrected chi connectivity index (χ4v) is 3.66. The summed E-state index contributed by atoms with van der Waals surface area (Å²) >= 11 is 11.3. The first-order valence-corrected chi connectivity index (χ1v) is 12.2. The molecule has 41 heavy (non-hydrogen) atoms. The van der Waals surface area contributed by atoms with Gasteiger partial charge in [-0.25, -0.2) is 0 Å². The lowest BCUT2D eigenvalue weighted by Gasteiger charge is -2.22. The Morgan fingerprint density at radius 2 is 1.17 bits per heavy atom. The Kier molecular flexibility index (Phi) is 11.9. The monoisotopic (exact) mass is 628 g/mol. The Morgan fingerprint density at radius 1 is 0.756 bits per heavy atom. The van der Waals surface area contributed by atoms with Crippen molar-refractivity contribution in [1.29, 1.82) is 0 Å². The van der Waals surface area contributed by atoms with Crippen LogP contribution in [0, 0.1) is 5.92 Å². The van der Waals surface area contributed by atoms with Crippen molar-refractivity contribution in [2.75, 3.05) is 0 Å². The summed E-state index contributed by atoms with van der Waals surface area (Å²) in [5.41, 5.74) is -3.33. The van der Waals surface area contributed by atoms with Crippen LogP contribution in [0.3, 0.4) is 0 Å². The van der Waals surface area contributed by atoms with Gasteiger partial charge in [0.05, 0.1) is 27.6 Å². The predicted molar refractivity (Wildman–Crippen MR) is 137 cm³/mol. The van der Waals surface area contributed by atoms with E-state index in [0.717, 1.165) is 25.1 Å². The Balaban J connectivity index is 0.000000435. The van der Waals surface area contributed by atoms with E-state index in [0.29, 0.717) is 18.2 Å². The summed E-state index contributed by atoms with van der Waals surface area (Å²) < 4.78 is 79.8. The molecule has 2 aromatic rings. The molecule has 0 spiro atoms. The van der Waals surface area contributed by atoms with Gasteiger partial charge >= 0.3 is 18.3 Å². The van der Waals surface area contributed by atoms with Crippen molar-refractivity contribution in [3.63, 3.8) is 0 Å². The molecular weight excluding hydrogens is 605 g/mol. The van der Waals surface area contributed by atoms with Gasteiger partial charge in [0.1, 0.15) is 11.4 Å². The summed E-state index contributed by atoms with van der Waals surface area (Å²) in [4.78, 5) is 58.3. The second kappa shape index (κ2) is 13.6. The van der Waals surface area contributed by atoms with Crippen LogP contribution in [0.4, 0.5) is 26.3 Å². The molecule has 0 aliphatic carbocycles. The third-order valence-electron chi connectivity index (χ3n) is 4.88. The zero-order chi connectivity index (χ0) is 32.1. The minimum absolute atomic E-state index is 0.0742. The van der Waals surface area contributed by atoms with Crippen LogP contribution >= 0.6 is 23.2 Å². The number of Topliss-reactive ketones (excluding diaryl/α,β-unsaturated/α-hetero) is 4. The fraction of sp³-hybridized carbons (Fsp3) is 0.370. The molecule has 0 radical (unpaired) electrons. The predicted octanol–water partition coefficient (Wildman–Crippen LogP) is 7.61. The highest BCUT2D eigenvalue weighted by molar-refractivity contribution is 6.36. The van der Waals surface area contributed by atoms with E-state index in [1.54, 1.807) is 20.8 Å². The normalized spacial score (nSPS) is 12.5. The summed E-state index contributed by atoms with van der Waals surface area (Å²) in [7, 11) is 0. The van der Waals surface area contributed by atoms with E-state index in [1.807, 2.05) is 0 Å². The second-order valence-electron chi connectivity index (χ2n) is 9.63. The van der Waals surface area contributed by atoms with Crippen molar-refractivity contribution in [3.8, 4) is 0 Å². The maximum atomic E-state index is 12.6. The first-order chi connectivity index (χ1) is 18.5. The maximum absolute atomic E-state index is 12.6. The lowest BCUT2D eigenvalue weighted by molar-refractivity contribution is -0.159. The number of ketones is 4. The van der Waals surface area contributed by atoms with Gasteiger partial charge in [0.15, 0.2) is 23.3 Å². The molecule has 14 heteroatoms. The molecule has 6 nitrogen and oxygen atoms in total. The number of ether oxygens (including phenoxy) is 1. The zero-order valence-electron chi connectivity index (χ0n) is 22.2. The molecule has 0 saturated carbocycles. The van der Waals surface area contributed by atoms with Crippen LogP contribution < -0.4 is 0 Å². The molecule has 0 aromatic heterocycles. The smallest absolute Gasteiger partial charge is 0.416 e. The average Bonchev–Trinajstić information content (AvgIpc) is 2.76. The van der Waals surface area contributed by atoms with Gasteiger partial charge in [-0.05, 0) is 71.0 Å². The van der Waals surface area contributed by atoms with Crippen molar-refractivity contribution in [3.05, 3.63) is 68.7 Å².